The van der Waals surface area contributed by atoms with Crippen LogP contribution in [0.25, 0.3) is 0 Å². The number of hydrazine groups is 1. The minimum absolute atomic E-state index is 0.148. The number of hydrogen-bond donors (Lipinski definition) is 3. The van der Waals surface area contributed by atoms with Crippen molar-refractivity contribution < 1.29 is 8.42 Å². The van der Waals surface area contributed by atoms with Crippen LogP contribution in [0.5, 0.6) is 0 Å². The highest BCUT2D eigenvalue weighted by Crippen LogP contribution is 2.10. The van der Waals surface area contributed by atoms with Gasteiger partial charge in [-0.15, -0.1) is 0 Å². The van der Waals surface area contributed by atoms with Crippen molar-refractivity contribution in [3.8, 4) is 0 Å². The monoisotopic (exact) mass is 299 g/mol. The van der Waals surface area contributed by atoms with E-state index < -0.39 is 10.0 Å². The van der Waals surface area contributed by atoms with Crippen molar-refractivity contribution in [2.75, 3.05) is 31.6 Å². The zero-order valence-electron chi connectivity index (χ0n) is 11.4. The summed E-state index contributed by atoms with van der Waals surface area (Å²) in [5.41, 5.74) is 2.36. The smallest absolute Gasteiger partial charge is 0.242 e. The molecule has 1 fully saturated rings. The van der Waals surface area contributed by atoms with Gasteiger partial charge in [-0.05, 0) is 38.1 Å². The molecule has 4 N–H and O–H groups in total. The minimum Gasteiger partial charge on any atom is -0.308 e. The van der Waals surface area contributed by atoms with E-state index in [9.17, 15) is 8.42 Å². The molecule has 0 bridgehead atoms. The molecule has 0 spiro atoms. The number of piperidine rings is 1. The number of nitrogens with two attached hydrogens (primary N) is 1. The van der Waals surface area contributed by atoms with Gasteiger partial charge >= 0.3 is 0 Å². The Hall–Kier alpha value is -1.22. The van der Waals surface area contributed by atoms with Gasteiger partial charge in [0.15, 0.2) is 0 Å². The normalized spacial score (nSPS) is 17.1. The second-order valence-corrected chi connectivity index (χ2v) is 6.59. The maximum atomic E-state index is 12.1. The molecule has 8 heteroatoms. The van der Waals surface area contributed by atoms with Crippen molar-refractivity contribution in [2.45, 2.75) is 24.2 Å². The molecule has 1 saturated heterocycles. The number of nitrogen functional groups attached to an aromatic ring is 1. The van der Waals surface area contributed by atoms with Crippen LogP contribution in [0.3, 0.4) is 0 Å². The van der Waals surface area contributed by atoms with E-state index >= 15 is 0 Å². The van der Waals surface area contributed by atoms with Gasteiger partial charge in [0, 0.05) is 19.3 Å². The molecule has 0 amide bonds. The van der Waals surface area contributed by atoms with Crippen molar-refractivity contribution in [2.24, 2.45) is 5.84 Å². The van der Waals surface area contributed by atoms with Crippen LogP contribution in [0, 0.1) is 0 Å². The summed E-state index contributed by atoms with van der Waals surface area (Å²) in [5.74, 6) is 5.62. The second-order valence-electron chi connectivity index (χ2n) is 4.82. The molecule has 0 aliphatic carbocycles. The second kappa shape index (κ2) is 6.98. The lowest BCUT2D eigenvalue weighted by molar-refractivity contribution is 0.233. The van der Waals surface area contributed by atoms with Gasteiger partial charge in [0.2, 0.25) is 10.0 Å². The Balaban J connectivity index is 1.86. The summed E-state index contributed by atoms with van der Waals surface area (Å²) in [6, 6.07) is 3.00. The highest BCUT2D eigenvalue weighted by Gasteiger charge is 2.15. The van der Waals surface area contributed by atoms with Crippen LogP contribution >= 0.6 is 0 Å². The van der Waals surface area contributed by atoms with E-state index in [1.807, 2.05) is 0 Å². The topological polar surface area (TPSA) is 100 Å². The van der Waals surface area contributed by atoms with E-state index in [1.165, 1.54) is 37.6 Å². The molecule has 2 heterocycles. The predicted molar refractivity (Wildman–Crippen MR) is 77.5 cm³/mol. The van der Waals surface area contributed by atoms with Gasteiger partial charge in [0.1, 0.15) is 10.7 Å². The van der Waals surface area contributed by atoms with Gasteiger partial charge in [0.25, 0.3) is 0 Å². The van der Waals surface area contributed by atoms with E-state index in [-0.39, 0.29) is 4.90 Å². The van der Waals surface area contributed by atoms with Gasteiger partial charge in [-0.25, -0.2) is 24.0 Å². The quantitative estimate of drug-likeness (QED) is 0.510. The molecule has 0 saturated carbocycles. The molecule has 0 unspecified atom stereocenters. The summed E-state index contributed by atoms with van der Waals surface area (Å²) in [4.78, 5) is 6.33. The molecule has 2 rings (SSSR count). The van der Waals surface area contributed by atoms with Crippen LogP contribution in [0.4, 0.5) is 5.82 Å². The molecule has 0 aromatic carbocycles. The molecule has 112 valence electrons. The Kier molecular flexibility index (Phi) is 5.30. The van der Waals surface area contributed by atoms with Crippen LogP contribution in [0.2, 0.25) is 0 Å². The maximum Gasteiger partial charge on any atom is 0.242 e. The van der Waals surface area contributed by atoms with Crippen molar-refractivity contribution in [1.29, 1.82) is 0 Å². The van der Waals surface area contributed by atoms with Crippen LogP contribution in [-0.4, -0.2) is 44.5 Å². The molecular weight excluding hydrogens is 278 g/mol. The average molecular weight is 299 g/mol. The van der Waals surface area contributed by atoms with Gasteiger partial charge in [-0.3, -0.25) is 0 Å². The Morgan fingerprint density at radius 3 is 2.60 bits per heavy atom. The van der Waals surface area contributed by atoms with Gasteiger partial charge in [0.05, 0.1) is 0 Å². The van der Waals surface area contributed by atoms with Gasteiger partial charge < -0.3 is 10.3 Å². The third-order valence-corrected chi connectivity index (χ3v) is 4.81. The maximum absolute atomic E-state index is 12.1. The summed E-state index contributed by atoms with van der Waals surface area (Å²) in [6.07, 6.45) is 4.96. The standard InChI is InChI=1S/C12H21N5O2S/c13-16-12-5-4-11(10-14-12)20(18,19)15-6-9-17-7-2-1-3-8-17/h4-5,10,15H,1-3,6-9,13H2,(H,14,16). The summed E-state index contributed by atoms with van der Waals surface area (Å²) >= 11 is 0. The third-order valence-electron chi connectivity index (χ3n) is 3.36. The van der Waals surface area contributed by atoms with Crippen molar-refractivity contribution in [3.05, 3.63) is 18.3 Å². The molecule has 1 aromatic heterocycles. The van der Waals surface area contributed by atoms with E-state index in [1.54, 1.807) is 0 Å². The highest BCUT2D eigenvalue weighted by atomic mass is 32.2. The Labute approximate surface area is 119 Å². The van der Waals surface area contributed by atoms with E-state index in [0.29, 0.717) is 12.4 Å². The lowest BCUT2D eigenvalue weighted by Gasteiger charge is -2.26. The molecule has 7 nitrogen and oxygen atoms in total. The first kappa shape index (κ1) is 15.2. The molecule has 0 radical (unpaired) electrons. The van der Waals surface area contributed by atoms with Crippen LogP contribution < -0.4 is 16.0 Å². The third kappa shape index (κ3) is 4.14. The molecular formula is C12H21N5O2S. The highest BCUT2D eigenvalue weighted by molar-refractivity contribution is 7.89. The number of nitrogens with zero attached hydrogens (tertiary/aromatic N) is 2. The van der Waals surface area contributed by atoms with E-state index in [0.717, 1.165) is 19.6 Å². The number of aromatic nitrogens is 1. The Morgan fingerprint density at radius 2 is 2.00 bits per heavy atom. The summed E-state index contributed by atoms with van der Waals surface area (Å²) in [5, 5.41) is 0. The zero-order valence-corrected chi connectivity index (χ0v) is 12.2. The summed E-state index contributed by atoms with van der Waals surface area (Å²) in [7, 11) is -3.49. The largest absolute Gasteiger partial charge is 0.308 e. The zero-order chi connectivity index (χ0) is 14.4. The lowest BCUT2D eigenvalue weighted by atomic mass is 10.1. The Bertz CT molecular complexity index is 511. The lowest BCUT2D eigenvalue weighted by Crippen LogP contribution is -2.37. The summed E-state index contributed by atoms with van der Waals surface area (Å²) < 4.78 is 26.7. The number of anilines is 1. The fourth-order valence-corrected chi connectivity index (χ4v) is 3.19. The predicted octanol–water partition coefficient (Wildman–Crippen LogP) is 0.131. The average Bonchev–Trinajstić information content (AvgIpc) is 2.48. The number of rotatable bonds is 6. The van der Waals surface area contributed by atoms with Crippen molar-refractivity contribution in [1.82, 2.24) is 14.6 Å². The van der Waals surface area contributed by atoms with Crippen molar-refractivity contribution in [3.63, 3.8) is 0 Å². The number of sulfonamides is 1. The van der Waals surface area contributed by atoms with E-state index in [4.69, 9.17) is 5.84 Å². The molecule has 1 aliphatic heterocycles. The first-order valence-corrected chi connectivity index (χ1v) is 8.25. The number of hydrogen-bond acceptors (Lipinski definition) is 6. The van der Waals surface area contributed by atoms with E-state index in [2.05, 4.69) is 20.0 Å². The van der Waals surface area contributed by atoms with Crippen molar-refractivity contribution >= 4 is 15.8 Å². The Morgan fingerprint density at radius 1 is 1.25 bits per heavy atom. The fourth-order valence-electron chi connectivity index (χ4n) is 2.23. The molecule has 1 aliphatic rings. The van der Waals surface area contributed by atoms with Gasteiger partial charge in [-0.2, -0.15) is 0 Å². The SMILES string of the molecule is NNc1ccc(S(=O)(=O)NCCN2CCCCC2)cn1. The minimum atomic E-state index is -3.49. The van der Waals surface area contributed by atoms with Crippen LogP contribution in [-0.2, 0) is 10.0 Å². The molecule has 20 heavy (non-hydrogen) atoms. The number of likely N-dealkylation sites (tertiary alicyclic amines) is 1. The van der Waals surface area contributed by atoms with Crippen LogP contribution in [0.1, 0.15) is 19.3 Å². The number of nitrogens with one attached hydrogen (secondary N) is 2. The first-order valence-electron chi connectivity index (χ1n) is 6.76. The fraction of sp³-hybridized carbons (Fsp3) is 0.583. The molecule has 1 aromatic rings. The van der Waals surface area contributed by atoms with Gasteiger partial charge in [-0.1, -0.05) is 6.42 Å². The number of pyridine rings is 1. The summed E-state index contributed by atoms with van der Waals surface area (Å²) in [6.45, 7) is 3.27. The molecule has 0 atom stereocenters. The van der Waals surface area contributed by atoms with Crippen LogP contribution in [0.15, 0.2) is 23.2 Å². The first-order chi connectivity index (χ1) is 9.62.